The minimum absolute atomic E-state index is 0.0949. The Balaban J connectivity index is 1.88. The summed E-state index contributed by atoms with van der Waals surface area (Å²) < 4.78 is 16.2. The first-order valence-electron chi connectivity index (χ1n) is 8.38. The Labute approximate surface area is 146 Å². The van der Waals surface area contributed by atoms with E-state index < -0.39 is 0 Å². The number of methoxy groups -OCH3 is 1. The van der Waals surface area contributed by atoms with Crippen LogP contribution in [0.15, 0.2) is 22.7 Å². The van der Waals surface area contributed by atoms with Gasteiger partial charge in [-0.15, -0.1) is 0 Å². The van der Waals surface area contributed by atoms with Gasteiger partial charge in [-0.25, -0.2) is 0 Å². The number of amides is 1. The summed E-state index contributed by atoms with van der Waals surface area (Å²) in [7, 11) is 1.60. The topological polar surface area (TPSA) is 77.7 Å². The second-order valence-corrected chi connectivity index (χ2v) is 6.42. The number of nitrogens with zero attached hydrogens (tertiary/aromatic N) is 3. The summed E-state index contributed by atoms with van der Waals surface area (Å²) in [6.07, 6.45) is 0. The molecule has 0 spiro atoms. The number of aryl methyl sites for hydroxylation is 1. The van der Waals surface area contributed by atoms with E-state index in [2.05, 4.69) is 10.1 Å². The maximum Gasteiger partial charge on any atom is 0.254 e. The molecule has 1 fully saturated rings. The fourth-order valence-electron chi connectivity index (χ4n) is 2.80. The van der Waals surface area contributed by atoms with Crippen molar-refractivity contribution in [2.45, 2.75) is 32.7 Å². The Kier molecular flexibility index (Phi) is 5.03. The zero-order valence-electron chi connectivity index (χ0n) is 15.0. The smallest absolute Gasteiger partial charge is 0.254 e. The third kappa shape index (κ3) is 3.51. The first kappa shape index (κ1) is 17.4. The third-order valence-corrected chi connectivity index (χ3v) is 4.29. The molecule has 0 N–H and O–H groups in total. The molecule has 0 aliphatic carbocycles. The molecule has 0 radical (unpaired) electrons. The number of hydrogen-bond donors (Lipinski definition) is 0. The van der Waals surface area contributed by atoms with E-state index >= 15 is 0 Å². The summed E-state index contributed by atoms with van der Waals surface area (Å²) in [4.78, 5) is 19.2. The third-order valence-electron chi connectivity index (χ3n) is 4.29. The minimum Gasteiger partial charge on any atom is -0.496 e. The molecular formula is C18H23N3O4. The van der Waals surface area contributed by atoms with Crippen LogP contribution < -0.4 is 4.74 Å². The maximum absolute atomic E-state index is 13.0. The molecule has 0 saturated carbocycles. The summed E-state index contributed by atoms with van der Waals surface area (Å²) >= 11 is 0. The quantitative estimate of drug-likeness (QED) is 0.848. The molecule has 1 atom stereocenters. The number of hydrogen-bond acceptors (Lipinski definition) is 6. The van der Waals surface area contributed by atoms with Gasteiger partial charge in [-0.2, -0.15) is 4.98 Å². The van der Waals surface area contributed by atoms with Crippen LogP contribution in [0.5, 0.6) is 5.75 Å². The Morgan fingerprint density at radius 1 is 1.40 bits per heavy atom. The summed E-state index contributed by atoms with van der Waals surface area (Å²) in [5, 5.41) is 4.05. The highest BCUT2D eigenvalue weighted by Crippen LogP contribution is 2.27. The van der Waals surface area contributed by atoms with Gasteiger partial charge in [-0.05, 0) is 24.6 Å². The molecule has 1 saturated heterocycles. The normalized spacial score (nSPS) is 17.8. The van der Waals surface area contributed by atoms with Crippen LogP contribution in [-0.2, 0) is 4.74 Å². The van der Waals surface area contributed by atoms with Crippen LogP contribution >= 0.6 is 0 Å². The van der Waals surface area contributed by atoms with E-state index in [9.17, 15) is 4.79 Å². The molecule has 25 heavy (non-hydrogen) atoms. The van der Waals surface area contributed by atoms with Gasteiger partial charge in [0.2, 0.25) is 5.89 Å². The number of aromatic nitrogens is 2. The van der Waals surface area contributed by atoms with Gasteiger partial charge >= 0.3 is 0 Å². The number of carbonyl (C=O) groups excluding carboxylic acids is 1. The van der Waals surface area contributed by atoms with Crippen molar-refractivity contribution in [3.05, 3.63) is 41.0 Å². The van der Waals surface area contributed by atoms with Crippen LogP contribution in [0, 0.1) is 6.92 Å². The minimum atomic E-state index is -0.357. The van der Waals surface area contributed by atoms with Gasteiger partial charge in [0, 0.05) is 18.0 Å². The molecule has 2 heterocycles. The number of benzene rings is 1. The highest BCUT2D eigenvalue weighted by molar-refractivity contribution is 5.95. The van der Waals surface area contributed by atoms with Crippen molar-refractivity contribution in [2.75, 3.05) is 26.9 Å². The lowest BCUT2D eigenvalue weighted by Gasteiger charge is -2.33. The van der Waals surface area contributed by atoms with Crippen LogP contribution in [0.3, 0.4) is 0 Å². The van der Waals surface area contributed by atoms with Crippen molar-refractivity contribution in [1.29, 1.82) is 0 Å². The molecule has 1 amide bonds. The van der Waals surface area contributed by atoms with Crippen molar-refractivity contribution in [2.24, 2.45) is 0 Å². The Hall–Kier alpha value is -2.41. The first-order valence-corrected chi connectivity index (χ1v) is 8.38. The molecule has 1 aromatic heterocycles. The summed E-state index contributed by atoms with van der Waals surface area (Å²) in [6, 6.07) is 5.10. The highest BCUT2D eigenvalue weighted by Gasteiger charge is 2.33. The second-order valence-electron chi connectivity index (χ2n) is 6.42. The average Bonchev–Trinajstić information content (AvgIpc) is 3.12. The monoisotopic (exact) mass is 345 g/mol. The predicted octanol–water partition coefficient (Wildman–Crippen LogP) is 2.72. The summed E-state index contributed by atoms with van der Waals surface area (Å²) in [5.41, 5.74) is 1.55. The Bertz CT molecular complexity index is 757. The van der Waals surface area contributed by atoms with Gasteiger partial charge in [0.25, 0.3) is 5.91 Å². The molecule has 2 aromatic rings. The molecule has 0 bridgehead atoms. The van der Waals surface area contributed by atoms with Gasteiger partial charge in [-0.3, -0.25) is 4.79 Å². The zero-order valence-corrected chi connectivity index (χ0v) is 15.0. The summed E-state index contributed by atoms with van der Waals surface area (Å²) in [5.74, 6) is 1.77. The van der Waals surface area contributed by atoms with E-state index in [0.717, 1.165) is 5.56 Å². The Morgan fingerprint density at radius 2 is 2.20 bits per heavy atom. The second kappa shape index (κ2) is 7.23. The van der Waals surface area contributed by atoms with Crippen molar-refractivity contribution < 1.29 is 18.8 Å². The molecule has 7 heteroatoms. The molecule has 7 nitrogen and oxygen atoms in total. The molecule has 0 unspecified atom stereocenters. The van der Waals surface area contributed by atoms with Gasteiger partial charge in [-0.1, -0.05) is 25.1 Å². The molecule has 1 aromatic carbocycles. The largest absolute Gasteiger partial charge is 0.496 e. The lowest BCUT2D eigenvalue weighted by atomic mass is 10.1. The van der Waals surface area contributed by atoms with Crippen LogP contribution in [0.1, 0.15) is 53.4 Å². The van der Waals surface area contributed by atoms with E-state index in [1.807, 2.05) is 32.9 Å². The van der Waals surface area contributed by atoms with E-state index in [-0.39, 0.29) is 17.9 Å². The van der Waals surface area contributed by atoms with Crippen LogP contribution in [-0.4, -0.2) is 47.8 Å². The van der Waals surface area contributed by atoms with E-state index in [0.29, 0.717) is 42.8 Å². The fourth-order valence-corrected chi connectivity index (χ4v) is 2.80. The first-order chi connectivity index (χ1) is 12.0. The summed E-state index contributed by atoms with van der Waals surface area (Å²) in [6.45, 7) is 7.22. The van der Waals surface area contributed by atoms with Gasteiger partial charge in [0.1, 0.15) is 11.8 Å². The van der Waals surface area contributed by atoms with Gasteiger partial charge < -0.3 is 18.9 Å². The van der Waals surface area contributed by atoms with Crippen LogP contribution in [0.25, 0.3) is 0 Å². The van der Waals surface area contributed by atoms with E-state index in [1.54, 1.807) is 18.1 Å². The SMILES string of the molecule is COc1cc(C(=O)N2CCOC[C@@H]2c2noc(C(C)C)n2)ccc1C. The number of morpholine rings is 1. The molecular weight excluding hydrogens is 322 g/mol. The highest BCUT2D eigenvalue weighted by atomic mass is 16.5. The zero-order chi connectivity index (χ0) is 18.0. The number of rotatable bonds is 4. The van der Waals surface area contributed by atoms with Crippen molar-refractivity contribution >= 4 is 5.91 Å². The molecule has 3 rings (SSSR count). The van der Waals surface area contributed by atoms with E-state index in [4.69, 9.17) is 14.0 Å². The fraction of sp³-hybridized carbons (Fsp3) is 0.500. The maximum atomic E-state index is 13.0. The number of carbonyl (C=O) groups is 1. The molecule has 1 aliphatic heterocycles. The van der Waals surface area contributed by atoms with Crippen LogP contribution in [0.2, 0.25) is 0 Å². The average molecular weight is 345 g/mol. The van der Waals surface area contributed by atoms with Gasteiger partial charge in [0.05, 0.1) is 20.3 Å². The predicted molar refractivity (Wildman–Crippen MR) is 90.7 cm³/mol. The van der Waals surface area contributed by atoms with E-state index in [1.165, 1.54) is 0 Å². The molecule has 134 valence electrons. The lowest BCUT2D eigenvalue weighted by molar-refractivity contribution is -0.00578. The molecule has 1 aliphatic rings. The van der Waals surface area contributed by atoms with Crippen LogP contribution in [0.4, 0.5) is 0 Å². The lowest BCUT2D eigenvalue weighted by Crippen LogP contribution is -2.43. The van der Waals surface area contributed by atoms with Gasteiger partial charge in [0.15, 0.2) is 5.82 Å². The van der Waals surface area contributed by atoms with Crippen molar-refractivity contribution in [1.82, 2.24) is 15.0 Å². The Morgan fingerprint density at radius 3 is 2.88 bits per heavy atom. The standard InChI is InChI=1S/C18H23N3O4/c1-11(2)17-19-16(20-25-17)14-10-24-8-7-21(14)18(22)13-6-5-12(3)15(9-13)23-4/h5-6,9,11,14H,7-8,10H2,1-4H3/t14-/m1/s1. The number of ether oxygens (including phenoxy) is 2. The van der Waals surface area contributed by atoms with Crippen molar-refractivity contribution in [3.8, 4) is 5.75 Å². The van der Waals surface area contributed by atoms with Crippen molar-refractivity contribution in [3.63, 3.8) is 0 Å².